The number of aromatic nitrogens is 6. The first-order valence-corrected chi connectivity index (χ1v) is 7.43. The Morgan fingerprint density at radius 2 is 1.82 bits per heavy atom. The Bertz CT molecular complexity index is 885. The Balaban J connectivity index is 1.72. The predicted molar refractivity (Wildman–Crippen MR) is 83.5 cm³/mol. The highest BCUT2D eigenvalue weighted by molar-refractivity contribution is 7.03. The molecular weight excluding hydrogens is 296 g/mol. The van der Waals surface area contributed by atoms with Crippen molar-refractivity contribution in [2.24, 2.45) is 0 Å². The molecule has 4 rings (SSSR count). The maximum absolute atomic E-state index is 4.62. The monoisotopic (exact) mass is 306 g/mol. The molecule has 4 aromatic heterocycles. The third-order valence-corrected chi connectivity index (χ3v) is 3.68. The molecule has 0 aliphatic heterocycles. The third kappa shape index (κ3) is 2.38. The molecular formula is C15H10N6S. The topological polar surface area (TPSA) is 69.4 Å². The molecule has 0 aliphatic carbocycles. The minimum Gasteiger partial charge on any atom is -0.244 e. The van der Waals surface area contributed by atoms with E-state index >= 15 is 0 Å². The first-order chi connectivity index (χ1) is 10.9. The van der Waals surface area contributed by atoms with E-state index in [0.29, 0.717) is 5.82 Å². The van der Waals surface area contributed by atoms with Crippen LogP contribution < -0.4 is 0 Å². The molecule has 0 saturated heterocycles. The maximum Gasteiger partial charge on any atom is 0.178 e. The summed E-state index contributed by atoms with van der Waals surface area (Å²) in [6.45, 7) is 0. The molecule has 6 nitrogen and oxygen atoms in total. The Hall–Kier alpha value is -2.93. The normalized spacial score (nSPS) is 10.7. The number of pyridine rings is 1. The van der Waals surface area contributed by atoms with Crippen LogP contribution >= 0.6 is 11.5 Å². The van der Waals surface area contributed by atoms with Crippen molar-refractivity contribution in [1.29, 1.82) is 0 Å². The lowest BCUT2D eigenvalue weighted by molar-refractivity contribution is 0.882. The first-order valence-electron chi connectivity index (χ1n) is 6.59. The largest absolute Gasteiger partial charge is 0.244 e. The summed E-state index contributed by atoms with van der Waals surface area (Å²) in [7, 11) is 0. The molecule has 0 atom stereocenters. The van der Waals surface area contributed by atoms with E-state index < -0.39 is 0 Å². The van der Waals surface area contributed by atoms with Crippen molar-refractivity contribution in [1.82, 2.24) is 29.1 Å². The van der Waals surface area contributed by atoms with Gasteiger partial charge in [0.2, 0.25) is 0 Å². The van der Waals surface area contributed by atoms with Crippen LogP contribution in [-0.4, -0.2) is 29.1 Å². The van der Waals surface area contributed by atoms with Crippen LogP contribution in [-0.2, 0) is 0 Å². The van der Waals surface area contributed by atoms with E-state index in [0.717, 1.165) is 22.6 Å². The number of hydrogen-bond donors (Lipinski definition) is 0. The molecule has 0 amide bonds. The summed E-state index contributed by atoms with van der Waals surface area (Å²) < 4.78 is 5.87. The highest BCUT2D eigenvalue weighted by Crippen LogP contribution is 2.21. The van der Waals surface area contributed by atoms with Crippen LogP contribution in [0.5, 0.6) is 0 Å². The van der Waals surface area contributed by atoms with Gasteiger partial charge in [0.15, 0.2) is 5.82 Å². The quantitative estimate of drug-likeness (QED) is 0.582. The van der Waals surface area contributed by atoms with Crippen molar-refractivity contribution in [2.45, 2.75) is 0 Å². The second-order valence-electron chi connectivity index (χ2n) is 4.54. The van der Waals surface area contributed by atoms with Gasteiger partial charge < -0.3 is 0 Å². The van der Waals surface area contributed by atoms with Crippen molar-refractivity contribution in [3.63, 3.8) is 0 Å². The van der Waals surface area contributed by atoms with Crippen molar-refractivity contribution in [2.75, 3.05) is 0 Å². The fourth-order valence-electron chi connectivity index (χ4n) is 2.06. The average molecular weight is 306 g/mol. The molecule has 106 valence electrons. The number of rotatable bonds is 3. The molecule has 0 fully saturated rings. The Morgan fingerprint density at radius 3 is 2.64 bits per heavy atom. The number of hydrogen-bond acceptors (Lipinski definition) is 6. The summed E-state index contributed by atoms with van der Waals surface area (Å²) >= 11 is 1.40. The van der Waals surface area contributed by atoms with E-state index in [2.05, 4.69) is 24.4 Å². The van der Waals surface area contributed by atoms with Gasteiger partial charge in [-0.05, 0) is 29.7 Å². The lowest BCUT2D eigenvalue weighted by Crippen LogP contribution is -1.92. The van der Waals surface area contributed by atoms with Crippen LogP contribution in [0.1, 0.15) is 0 Å². The molecule has 0 aromatic carbocycles. The highest BCUT2D eigenvalue weighted by atomic mass is 32.1. The molecule has 0 bridgehead atoms. The molecule has 0 radical (unpaired) electrons. The summed E-state index contributed by atoms with van der Waals surface area (Å²) in [6, 6.07) is 7.56. The van der Waals surface area contributed by atoms with Gasteiger partial charge in [0.1, 0.15) is 5.69 Å². The van der Waals surface area contributed by atoms with E-state index in [4.69, 9.17) is 0 Å². The van der Waals surface area contributed by atoms with Gasteiger partial charge in [-0.25, -0.2) is 19.6 Å². The van der Waals surface area contributed by atoms with Gasteiger partial charge in [0.05, 0.1) is 23.8 Å². The van der Waals surface area contributed by atoms with E-state index in [1.54, 1.807) is 35.5 Å². The van der Waals surface area contributed by atoms with Gasteiger partial charge in [-0.1, -0.05) is 6.07 Å². The average Bonchev–Trinajstić information content (AvgIpc) is 3.27. The Labute approximate surface area is 130 Å². The van der Waals surface area contributed by atoms with Gasteiger partial charge >= 0.3 is 0 Å². The van der Waals surface area contributed by atoms with Crippen molar-refractivity contribution < 1.29 is 0 Å². The van der Waals surface area contributed by atoms with E-state index in [1.165, 1.54) is 11.5 Å². The molecule has 22 heavy (non-hydrogen) atoms. The van der Waals surface area contributed by atoms with Gasteiger partial charge in [0.25, 0.3) is 0 Å². The van der Waals surface area contributed by atoms with E-state index in [-0.39, 0.29) is 0 Å². The molecule has 4 heterocycles. The van der Waals surface area contributed by atoms with E-state index in [9.17, 15) is 0 Å². The molecule has 0 aliphatic rings. The fraction of sp³-hybridized carbons (Fsp3) is 0. The van der Waals surface area contributed by atoms with Crippen molar-refractivity contribution >= 4 is 11.5 Å². The lowest BCUT2D eigenvalue weighted by Gasteiger charge is -2.01. The first kappa shape index (κ1) is 12.8. The summed E-state index contributed by atoms with van der Waals surface area (Å²) in [5.74, 6) is 0.610. The Kier molecular flexibility index (Phi) is 3.17. The summed E-state index contributed by atoms with van der Waals surface area (Å²) in [4.78, 5) is 13.1. The molecule has 0 spiro atoms. The summed E-state index contributed by atoms with van der Waals surface area (Å²) in [5.41, 5.74) is 3.45. The predicted octanol–water partition coefficient (Wildman–Crippen LogP) is 2.85. The summed E-state index contributed by atoms with van der Waals surface area (Å²) in [6.07, 6.45) is 8.91. The van der Waals surface area contributed by atoms with Crippen molar-refractivity contribution in [3.05, 3.63) is 60.6 Å². The van der Waals surface area contributed by atoms with Gasteiger partial charge in [0, 0.05) is 29.5 Å². The highest BCUT2D eigenvalue weighted by Gasteiger charge is 2.08. The molecule has 7 heteroatoms. The third-order valence-electron chi connectivity index (χ3n) is 3.11. The Morgan fingerprint density at radius 1 is 0.955 bits per heavy atom. The zero-order valence-corrected chi connectivity index (χ0v) is 12.2. The zero-order valence-electron chi connectivity index (χ0n) is 11.4. The number of nitrogens with zero attached hydrogens (tertiary/aromatic N) is 6. The van der Waals surface area contributed by atoms with Crippen LogP contribution in [0.25, 0.3) is 28.5 Å². The SMILES string of the molecule is c1cnc(-c2cccc(-c3cnn(-c4cnsc4)c3)n2)nc1. The summed E-state index contributed by atoms with van der Waals surface area (Å²) in [5, 5.41) is 6.29. The second-order valence-corrected chi connectivity index (χ2v) is 5.19. The second kappa shape index (κ2) is 5.45. The smallest absolute Gasteiger partial charge is 0.178 e. The lowest BCUT2D eigenvalue weighted by atomic mass is 10.2. The fourth-order valence-corrected chi connectivity index (χ4v) is 2.57. The van der Waals surface area contributed by atoms with Gasteiger partial charge in [-0.2, -0.15) is 9.47 Å². The zero-order chi connectivity index (χ0) is 14.8. The molecule has 4 aromatic rings. The van der Waals surface area contributed by atoms with Gasteiger partial charge in [-0.15, -0.1) is 0 Å². The minimum atomic E-state index is 0.610. The van der Waals surface area contributed by atoms with Crippen LogP contribution in [0.15, 0.2) is 60.6 Å². The molecule has 0 N–H and O–H groups in total. The molecule has 0 saturated carbocycles. The van der Waals surface area contributed by atoms with Crippen molar-refractivity contribution in [3.8, 4) is 28.5 Å². The standard InChI is InChI=1S/C15H10N6S/c1-3-13(20-14(4-1)15-16-5-2-6-17-15)11-7-18-21(9-11)12-8-19-22-10-12/h1-10H. The van der Waals surface area contributed by atoms with E-state index in [1.807, 2.05) is 29.8 Å². The van der Waals surface area contributed by atoms with Gasteiger partial charge in [-0.3, -0.25) is 0 Å². The van der Waals surface area contributed by atoms with Crippen LogP contribution in [0.2, 0.25) is 0 Å². The van der Waals surface area contributed by atoms with Crippen LogP contribution in [0.3, 0.4) is 0 Å². The molecule has 0 unspecified atom stereocenters. The van der Waals surface area contributed by atoms with Crippen LogP contribution in [0, 0.1) is 0 Å². The minimum absolute atomic E-state index is 0.610. The van der Waals surface area contributed by atoms with Crippen LogP contribution in [0.4, 0.5) is 0 Å². The maximum atomic E-state index is 4.62.